The van der Waals surface area contributed by atoms with E-state index in [1.807, 2.05) is 6.92 Å². The van der Waals surface area contributed by atoms with E-state index in [9.17, 15) is 9.59 Å². The minimum Gasteiger partial charge on any atom is -0.479 e. The van der Waals surface area contributed by atoms with Gasteiger partial charge in [0.2, 0.25) is 0 Å². The zero-order valence-electron chi connectivity index (χ0n) is 10.4. The topological polar surface area (TPSA) is 55.4 Å². The summed E-state index contributed by atoms with van der Waals surface area (Å²) in [5.41, 5.74) is 0.331. The van der Waals surface area contributed by atoms with Crippen LogP contribution < -0.4 is 10.1 Å². The molecule has 18 heavy (non-hydrogen) atoms. The maximum atomic E-state index is 11.6. The second-order valence-corrected chi connectivity index (χ2v) is 4.23. The molecule has 0 radical (unpaired) electrons. The monoisotopic (exact) mass is 269 g/mol. The maximum Gasteiger partial charge on any atom is 0.260 e. The van der Waals surface area contributed by atoms with Gasteiger partial charge in [-0.1, -0.05) is 24.6 Å². The van der Waals surface area contributed by atoms with Gasteiger partial charge in [-0.2, -0.15) is 0 Å². The predicted octanol–water partition coefficient (Wildman–Crippen LogP) is 2.45. The van der Waals surface area contributed by atoms with Gasteiger partial charge in [-0.15, -0.1) is 0 Å². The number of para-hydroxylation sites is 1. The van der Waals surface area contributed by atoms with Gasteiger partial charge in [0.25, 0.3) is 5.91 Å². The SMILES string of the molecule is CCCNC(=O)C(C)Oc1c(Cl)cccc1C=O. The Bertz CT molecular complexity index is 434. The van der Waals surface area contributed by atoms with Crippen LogP contribution in [0, 0.1) is 0 Å². The standard InChI is InChI=1S/C13H16ClNO3/c1-3-7-15-13(17)9(2)18-12-10(8-16)5-4-6-11(12)14/h4-6,8-9H,3,7H2,1-2H3,(H,15,17). The van der Waals surface area contributed by atoms with Crippen molar-refractivity contribution in [2.24, 2.45) is 0 Å². The van der Waals surface area contributed by atoms with Crippen LogP contribution in [-0.2, 0) is 4.79 Å². The molecule has 0 aliphatic carbocycles. The molecular formula is C13H16ClNO3. The van der Waals surface area contributed by atoms with Gasteiger partial charge in [0.1, 0.15) is 5.75 Å². The molecule has 0 heterocycles. The molecule has 4 nitrogen and oxygen atoms in total. The van der Waals surface area contributed by atoms with E-state index in [1.54, 1.807) is 25.1 Å². The summed E-state index contributed by atoms with van der Waals surface area (Å²) in [4.78, 5) is 22.5. The lowest BCUT2D eigenvalue weighted by molar-refractivity contribution is -0.127. The second-order valence-electron chi connectivity index (χ2n) is 3.83. The first kappa shape index (κ1) is 14.5. The van der Waals surface area contributed by atoms with E-state index >= 15 is 0 Å². The molecule has 0 aliphatic rings. The fourth-order valence-corrected chi connectivity index (χ4v) is 1.59. The first-order chi connectivity index (χ1) is 8.60. The normalized spacial score (nSPS) is 11.7. The molecule has 0 bridgehead atoms. The Morgan fingerprint density at radius 3 is 2.89 bits per heavy atom. The summed E-state index contributed by atoms with van der Waals surface area (Å²) in [6.07, 6.45) is 0.803. The summed E-state index contributed by atoms with van der Waals surface area (Å²) in [7, 11) is 0. The number of ether oxygens (including phenoxy) is 1. The predicted molar refractivity (Wildman–Crippen MR) is 70.2 cm³/mol. The number of benzene rings is 1. The van der Waals surface area contributed by atoms with Gasteiger partial charge in [0.05, 0.1) is 10.6 Å². The molecule has 0 saturated heterocycles. The van der Waals surface area contributed by atoms with E-state index in [1.165, 1.54) is 0 Å². The molecular weight excluding hydrogens is 254 g/mol. The Morgan fingerprint density at radius 1 is 1.56 bits per heavy atom. The molecule has 1 rings (SSSR count). The van der Waals surface area contributed by atoms with Crippen LogP contribution in [-0.4, -0.2) is 24.8 Å². The first-order valence-corrected chi connectivity index (χ1v) is 6.16. The zero-order chi connectivity index (χ0) is 13.5. The number of rotatable bonds is 6. The fraction of sp³-hybridized carbons (Fsp3) is 0.385. The largest absolute Gasteiger partial charge is 0.479 e. The number of carbonyl (C=O) groups excluding carboxylic acids is 2. The minimum absolute atomic E-state index is 0.228. The van der Waals surface area contributed by atoms with Crippen molar-refractivity contribution < 1.29 is 14.3 Å². The van der Waals surface area contributed by atoms with Gasteiger partial charge in [-0.25, -0.2) is 0 Å². The molecule has 1 amide bonds. The molecule has 1 aromatic carbocycles. The van der Waals surface area contributed by atoms with E-state index < -0.39 is 6.10 Å². The van der Waals surface area contributed by atoms with Gasteiger partial charge in [0, 0.05) is 6.54 Å². The molecule has 0 spiro atoms. The van der Waals surface area contributed by atoms with Crippen LogP contribution in [0.15, 0.2) is 18.2 Å². The summed E-state index contributed by atoms with van der Waals surface area (Å²) in [5, 5.41) is 3.03. The van der Waals surface area contributed by atoms with Gasteiger partial charge >= 0.3 is 0 Å². The Labute approximate surface area is 111 Å². The number of hydrogen-bond acceptors (Lipinski definition) is 3. The van der Waals surface area contributed by atoms with E-state index in [-0.39, 0.29) is 11.7 Å². The minimum atomic E-state index is -0.699. The molecule has 1 atom stereocenters. The summed E-state index contributed by atoms with van der Waals surface area (Å²) < 4.78 is 5.45. The van der Waals surface area contributed by atoms with Crippen molar-refractivity contribution in [2.45, 2.75) is 26.4 Å². The number of amides is 1. The van der Waals surface area contributed by atoms with Crippen LogP contribution in [0.1, 0.15) is 30.6 Å². The van der Waals surface area contributed by atoms with E-state index in [0.29, 0.717) is 23.4 Å². The number of halogens is 1. The average molecular weight is 270 g/mol. The van der Waals surface area contributed by atoms with Gasteiger partial charge in [-0.3, -0.25) is 9.59 Å². The third-order valence-corrected chi connectivity index (χ3v) is 2.64. The van der Waals surface area contributed by atoms with Crippen molar-refractivity contribution in [3.8, 4) is 5.75 Å². The zero-order valence-corrected chi connectivity index (χ0v) is 11.2. The smallest absolute Gasteiger partial charge is 0.260 e. The highest BCUT2D eigenvalue weighted by Gasteiger charge is 2.17. The summed E-state index contributed by atoms with van der Waals surface area (Å²) in [5.74, 6) is 0.0157. The van der Waals surface area contributed by atoms with E-state index in [0.717, 1.165) is 6.42 Å². The molecule has 1 aromatic rings. The van der Waals surface area contributed by atoms with Crippen LogP contribution in [0.5, 0.6) is 5.75 Å². The van der Waals surface area contributed by atoms with Crippen LogP contribution in [0.25, 0.3) is 0 Å². The lowest BCUT2D eigenvalue weighted by Crippen LogP contribution is -2.36. The number of carbonyl (C=O) groups is 2. The van der Waals surface area contributed by atoms with Crippen molar-refractivity contribution in [3.05, 3.63) is 28.8 Å². The quantitative estimate of drug-likeness (QED) is 0.807. The van der Waals surface area contributed by atoms with Crippen molar-refractivity contribution in [1.82, 2.24) is 5.32 Å². The van der Waals surface area contributed by atoms with Gasteiger partial charge < -0.3 is 10.1 Å². The molecule has 1 N–H and O–H groups in total. The maximum absolute atomic E-state index is 11.6. The highest BCUT2D eigenvalue weighted by atomic mass is 35.5. The van der Waals surface area contributed by atoms with Crippen LogP contribution in [0.3, 0.4) is 0 Å². The molecule has 0 saturated carbocycles. The fourth-order valence-electron chi connectivity index (χ4n) is 1.36. The molecule has 0 aliphatic heterocycles. The van der Waals surface area contributed by atoms with Crippen molar-refractivity contribution in [3.63, 3.8) is 0 Å². The molecule has 98 valence electrons. The lowest BCUT2D eigenvalue weighted by atomic mass is 10.2. The van der Waals surface area contributed by atoms with Crippen LogP contribution in [0.4, 0.5) is 0 Å². The number of hydrogen-bond donors (Lipinski definition) is 1. The molecule has 0 aromatic heterocycles. The van der Waals surface area contributed by atoms with E-state index in [2.05, 4.69) is 5.32 Å². The second kappa shape index (κ2) is 7.01. The average Bonchev–Trinajstić information content (AvgIpc) is 2.38. The Hall–Kier alpha value is -1.55. The molecule has 0 fully saturated rings. The Kier molecular flexibility index (Phi) is 5.65. The Morgan fingerprint density at radius 2 is 2.28 bits per heavy atom. The summed E-state index contributed by atoms with van der Waals surface area (Å²) >= 11 is 5.95. The first-order valence-electron chi connectivity index (χ1n) is 5.78. The van der Waals surface area contributed by atoms with Gasteiger partial charge in [-0.05, 0) is 25.5 Å². The lowest BCUT2D eigenvalue weighted by Gasteiger charge is -2.16. The van der Waals surface area contributed by atoms with Crippen LogP contribution >= 0.6 is 11.6 Å². The third-order valence-electron chi connectivity index (χ3n) is 2.34. The third kappa shape index (κ3) is 3.74. The number of aldehydes is 1. The van der Waals surface area contributed by atoms with E-state index in [4.69, 9.17) is 16.3 Å². The van der Waals surface area contributed by atoms with Crippen molar-refractivity contribution in [1.29, 1.82) is 0 Å². The Balaban J connectivity index is 2.78. The van der Waals surface area contributed by atoms with Crippen LogP contribution in [0.2, 0.25) is 5.02 Å². The molecule has 5 heteroatoms. The van der Waals surface area contributed by atoms with Crippen molar-refractivity contribution >= 4 is 23.8 Å². The highest BCUT2D eigenvalue weighted by molar-refractivity contribution is 6.32. The van der Waals surface area contributed by atoms with Crippen molar-refractivity contribution in [2.75, 3.05) is 6.54 Å². The summed E-state index contributed by atoms with van der Waals surface area (Å²) in [6.45, 7) is 4.17. The highest BCUT2D eigenvalue weighted by Crippen LogP contribution is 2.28. The summed E-state index contributed by atoms with van der Waals surface area (Å²) in [6, 6.07) is 4.85. The van der Waals surface area contributed by atoms with Gasteiger partial charge in [0.15, 0.2) is 12.4 Å². The molecule has 1 unspecified atom stereocenters. The number of nitrogens with one attached hydrogen (secondary N) is 1.